The SMILES string of the molecule is COc1cccc(CNc2ncnc3cc(F)c(F)cc23)c1. The van der Waals surface area contributed by atoms with Crippen molar-refractivity contribution in [3.63, 3.8) is 0 Å². The first kappa shape index (κ1) is 14.2. The molecule has 2 aromatic carbocycles. The summed E-state index contributed by atoms with van der Waals surface area (Å²) >= 11 is 0. The molecule has 22 heavy (non-hydrogen) atoms. The molecule has 0 amide bonds. The van der Waals surface area contributed by atoms with E-state index >= 15 is 0 Å². The number of nitrogens with one attached hydrogen (secondary N) is 1. The van der Waals surface area contributed by atoms with E-state index in [0.717, 1.165) is 23.4 Å². The van der Waals surface area contributed by atoms with Crippen LogP contribution >= 0.6 is 0 Å². The summed E-state index contributed by atoms with van der Waals surface area (Å²) in [6.07, 6.45) is 1.31. The first-order chi connectivity index (χ1) is 10.7. The van der Waals surface area contributed by atoms with Gasteiger partial charge in [0.1, 0.15) is 17.9 Å². The van der Waals surface area contributed by atoms with E-state index in [1.54, 1.807) is 7.11 Å². The summed E-state index contributed by atoms with van der Waals surface area (Å²) in [4.78, 5) is 8.04. The van der Waals surface area contributed by atoms with Crippen LogP contribution in [0, 0.1) is 11.6 Å². The fourth-order valence-electron chi connectivity index (χ4n) is 2.16. The predicted molar refractivity (Wildman–Crippen MR) is 79.8 cm³/mol. The second-order valence-electron chi connectivity index (χ2n) is 4.71. The molecule has 0 unspecified atom stereocenters. The lowest BCUT2D eigenvalue weighted by Gasteiger charge is -2.09. The van der Waals surface area contributed by atoms with E-state index in [2.05, 4.69) is 15.3 Å². The Morgan fingerprint density at radius 1 is 1.09 bits per heavy atom. The van der Waals surface area contributed by atoms with Gasteiger partial charge in [-0.3, -0.25) is 0 Å². The Kier molecular flexibility index (Phi) is 3.82. The van der Waals surface area contributed by atoms with Crippen molar-refractivity contribution in [1.29, 1.82) is 0 Å². The van der Waals surface area contributed by atoms with Crippen molar-refractivity contribution in [3.05, 3.63) is 59.9 Å². The summed E-state index contributed by atoms with van der Waals surface area (Å²) in [5, 5.41) is 3.54. The Labute approximate surface area is 125 Å². The van der Waals surface area contributed by atoms with Gasteiger partial charge in [0.25, 0.3) is 0 Å². The molecule has 112 valence electrons. The van der Waals surface area contributed by atoms with Crippen LogP contribution in [0.25, 0.3) is 10.9 Å². The summed E-state index contributed by atoms with van der Waals surface area (Å²) in [5.74, 6) is -0.650. The molecule has 1 aromatic heterocycles. The topological polar surface area (TPSA) is 47.0 Å². The van der Waals surface area contributed by atoms with E-state index in [-0.39, 0.29) is 0 Å². The largest absolute Gasteiger partial charge is 0.497 e. The second-order valence-corrected chi connectivity index (χ2v) is 4.71. The van der Waals surface area contributed by atoms with E-state index in [1.807, 2.05) is 24.3 Å². The Bertz CT molecular complexity index is 824. The van der Waals surface area contributed by atoms with Crippen LogP contribution < -0.4 is 10.1 Å². The van der Waals surface area contributed by atoms with Crippen LogP contribution in [0.4, 0.5) is 14.6 Å². The molecule has 1 N–H and O–H groups in total. The van der Waals surface area contributed by atoms with Crippen LogP contribution in [-0.2, 0) is 6.54 Å². The van der Waals surface area contributed by atoms with Gasteiger partial charge in [0.2, 0.25) is 0 Å². The Balaban J connectivity index is 1.89. The van der Waals surface area contributed by atoms with Crippen LogP contribution in [0.2, 0.25) is 0 Å². The van der Waals surface area contributed by atoms with Gasteiger partial charge in [0.15, 0.2) is 11.6 Å². The van der Waals surface area contributed by atoms with Crippen molar-refractivity contribution in [2.45, 2.75) is 6.54 Å². The molecule has 0 saturated heterocycles. The van der Waals surface area contributed by atoms with Crippen LogP contribution in [0.5, 0.6) is 5.75 Å². The highest BCUT2D eigenvalue weighted by Crippen LogP contribution is 2.23. The summed E-state index contributed by atoms with van der Waals surface area (Å²) in [7, 11) is 1.60. The van der Waals surface area contributed by atoms with Crippen LogP contribution in [-0.4, -0.2) is 17.1 Å². The third-order valence-corrected chi connectivity index (χ3v) is 3.27. The van der Waals surface area contributed by atoms with Crippen LogP contribution in [0.15, 0.2) is 42.7 Å². The highest BCUT2D eigenvalue weighted by molar-refractivity contribution is 5.88. The molecule has 0 aliphatic rings. The molecular weight excluding hydrogens is 288 g/mol. The molecule has 1 heterocycles. The second kappa shape index (κ2) is 5.93. The number of hydrogen-bond acceptors (Lipinski definition) is 4. The number of nitrogens with zero attached hydrogens (tertiary/aromatic N) is 2. The third kappa shape index (κ3) is 2.81. The molecule has 0 spiro atoms. The molecule has 6 heteroatoms. The molecule has 0 fully saturated rings. The maximum Gasteiger partial charge on any atom is 0.161 e. The number of aromatic nitrogens is 2. The zero-order chi connectivity index (χ0) is 15.5. The van der Waals surface area contributed by atoms with Crippen molar-refractivity contribution in [2.75, 3.05) is 12.4 Å². The molecular formula is C16H13F2N3O. The molecule has 0 atom stereocenters. The Hall–Kier alpha value is -2.76. The maximum atomic E-state index is 13.4. The number of methoxy groups -OCH3 is 1. The summed E-state index contributed by atoms with van der Waals surface area (Å²) in [6.45, 7) is 0.475. The minimum absolute atomic E-state index is 0.349. The molecule has 3 aromatic rings. The number of benzene rings is 2. The summed E-state index contributed by atoms with van der Waals surface area (Å²) in [5.41, 5.74) is 1.33. The number of ether oxygens (including phenoxy) is 1. The lowest BCUT2D eigenvalue weighted by atomic mass is 10.2. The van der Waals surface area contributed by atoms with E-state index < -0.39 is 11.6 Å². The molecule has 4 nitrogen and oxygen atoms in total. The minimum Gasteiger partial charge on any atom is -0.497 e. The van der Waals surface area contributed by atoms with E-state index in [1.165, 1.54) is 6.33 Å². The normalized spacial score (nSPS) is 10.7. The molecule has 0 bridgehead atoms. The fourth-order valence-corrected chi connectivity index (χ4v) is 2.16. The van der Waals surface area contributed by atoms with Crippen molar-refractivity contribution in [2.24, 2.45) is 0 Å². The van der Waals surface area contributed by atoms with Gasteiger partial charge < -0.3 is 10.1 Å². The van der Waals surface area contributed by atoms with Gasteiger partial charge in [0, 0.05) is 18.0 Å². The molecule has 0 aliphatic heterocycles. The van der Waals surface area contributed by atoms with E-state index in [0.29, 0.717) is 23.3 Å². The summed E-state index contributed by atoms with van der Waals surface area (Å²) in [6, 6.07) is 9.70. The van der Waals surface area contributed by atoms with Crippen molar-refractivity contribution >= 4 is 16.7 Å². The van der Waals surface area contributed by atoms with Crippen molar-refractivity contribution < 1.29 is 13.5 Å². The first-order valence-electron chi connectivity index (χ1n) is 6.64. The predicted octanol–water partition coefficient (Wildman–Crippen LogP) is 3.53. The van der Waals surface area contributed by atoms with Gasteiger partial charge in [0.05, 0.1) is 12.6 Å². The van der Waals surface area contributed by atoms with Gasteiger partial charge in [-0.05, 0) is 23.8 Å². The Morgan fingerprint density at radius 3 is 2.73 bits per heavy atom. The molecule has 0 saturated carbocycles. The lowest BCUT2D eigenvalue weighted by molar-refractivity contribution is 0.414. The summed E-state index contributed by atoms with van der Waals surface area (Å²) < 4.78 is 31.8. The van der Waals surface area contributed by atoms with E-state index in [9.17, 15) is 8.78 Å². The monoisotopic (exact) mass is 301 g/mol. The zero-order valence-corrected chi connectivity index (χ0v) is 11.8. The standard InChI is InChI=1S/C16H13F2N3O/c1-22-11-4-2-3-10(5-11)8-19-16-12-6-13(17)14(18)7-15(12)20-9-21-16/h2-7,9H,8H2,1H3,(H,19,20,21). The smallest absolute Gasteiger partial charge is 0.161 e. The third-order valence-electron chi connectivity index (χ3n) is 3.27. The van der Waals surface area contributed by atoms with Crippen LogP contribution in [0.3, 0.4) is 0 Å². The number of rotatable bonds is 4. The number of halogens is 2. The first-order valence-corrected chi connectivity index (χ1v) is 6.64. The van der Waals surface area contributed by atoms with Crippen molar-refractivity contribution in [3.8, 4) is 5.75 Å². The lowest BCUT2D eigenvalue weighted by Crippen LogP contribution is -2.03. The average Bonchev–Trinajstić information content (AvgIpc) is 2.54. The van der Waals surface area contributed by atoms with Gasteiger partial charge in [-0.1, -0.05) is 12.1 Å². The minimum atomic E-state index is -0.926. The molecule has 0 aliphatic carbocycles. The maximum absolute atomic E-state index is 13.4. The van der Waals surface area contributed by atoms with Crippen LogP contribution in [0.1, 0.15) is 5.56 Å². The Morgan fingerprint density at radius 2 is 1.91 bits per heavy atom. The zero-order valence-electron chi connectivity index (χ0n) is 11.8. The number of anilines is 1. The highest BCUT2D eigenvalue weighted by atomic mass is 19.2. The number of fused-ring (bicyclic) bond motifs is 1. The van der Waals surface area contributed by atoms with Gasteiger partial charge in [-0.25, -0.2) is 18.7 Å². The fraction of sp³-hybridized carbons (Fsp3) is 0.125. The quantitative estimate of drug-likeness (QED) is 0.801. The van der Waals surface area contributed by atoms with Gasteiger partial charge in [-0.15, -0.1) is 0 Å². The van der Waals surface area contributed by atoms with Gasteiger partial charge in [-0.2, -0.15) is 0 Å². The average molecular weight is 301 g/mol. The van der Waals surface area contributed by atoms with Gasteiger partial charge >= 0.3 is 0 Å². The highest BCUT2D eigenvalue weighted by Gasteiger charge is 2.09. The molecule has 3 rings (SSSR count). The van der Waals surface area contributed by atoms with E-state index in [4.69, 9.17) is 4.74 Å². The van der Waals surface area contributed by atoms with Crippen molar-refractivity contribution in [1.82, 2.24) is 9.97 Å². The molecule has 0 radical (unpaired) electrons. The number of hydrogen-bond donors (Lipinski definition) is 1.